The third-order valence-electron chi connectivity index (χ3n) is 5.15. The Bertz CT molecular complexity index is 758. The second-order valence-electron chi connectivity index (χ2n) is 6.89. The van der Waals surface area contributed by atoms with Crippen LogP contribution in [0.1, 0.15) is 32.6 Å². The zero-order valence-corrected chi connectivity index (χ0v) is 14.8. The van der Waals surface area contributed by atoms with E-state index >= 15 is 0 Å². The molecule has 1 spiro atoms. The number of imide groups is 1. The van der Waals surface area contributed by atoms with Gasteiger partial charge in [-0.05, 0) is 30.9 Å². The molecule has 1 heterocycles. The molecule has 2 fully saturated rings. The minimum Gasteiger partial charge on any atom is -0.435 e. The lowest BCUT2D eigenvalue weighted by atomic mass is 9.73. The average Bonchev–Trinajstić information content (AvgIpc) is 2.82. The van der Waals surface area contributed by atoms with Crippen molar-refractivity contribution in [1.82, 2.24) is 10.2 Å². The fourth-order valence-electron chi connectivity index (χ4n) is 3.73. The number of benzene rings is 1. The number of alkyl halides is 2. The van der Waals surface area contributed by atoms with Crippen LogP contribution in [-0.4, -0.2) is 41.4 Å². The Hall–Kier alpha value is -2.71. The number of nitrogens with one attached hydrogen (secondary N) is 2. The number of hydrogen-bond acceptors (Lipinski definition) is 4. The topological polar surface area (TPSA) is 87.7 Å². The quantitative estimate of drug-likeness (QED) is 0.768. The van der Waals surface area contributed by atoms with Gasteiger partial charge in [0.1, 0.15) is 17.8 Å². The van der Waals surface area contributed by atoms with E-state index in [9.17, 15) is 23.2 Å². The number of carbonyl (C=O) groups is 3. The van der Waals surface area contributed by atoms with Crippen LogP contribution >= 0.6 is 0 Å². The molecule has 7 nitrogen and oxygen atoms in total. The lowest BCUT2D eigenvalue weighted by molar-refractivity contribution is -0.136. The molecule has 1 aromatic carbocycles. The molecule has 2 atom stereocenters. The van der Waals surface area contributed by atoms with Crippen molar-refractivity contribution in [3.8, 4) is 5.75 Å². The number of hydrogen-bond donors (Lipinski definition) is 2. The van der Waals surface area contributed by atoms with Crippen molar-refractivity contribution in [2.45, 2.75) is 44.8 Å². The summed E-state index contributed by atoms with van der Waals surface area (Å²) < 4.78 is 28.8. The molecule has 0 aromatic heterocycles. The fourth-order valence-corrected chi connectivity index (χ4v) is 3.73. The number of halogens is 2. The summed E-state index contributed by atoms with van der Waals surface area (Å²) in [4.78, 5) is 38.3. The summed E-state index contributed by atoms with van der Waals surface area (Å²) in [6, 6.07) is 4.92. The van der Waals surface area contributed by atoms with Crippen LogP contribution in [0.5, 0.6) is 5.75 Å². The first-order chi connectivity index (χ1) is 12.8. The Morgan fingerprint density at radius 1 is 1.41 bits per heavy atom. The molecule has 0 radical (unpaired) electrons. The first-order valence-electron chi connectivity index (χ1n) is 8.80. The molecule has 3 rings (SSSR count). The highest BCUT2D eigenvalue weighted by Crippen LogP contribution is 2.38. The standard InChI is InChI=1S/C18H21F2N3O4/c1-11-5-2-3-8-18(11)15(25)23(17(26)22-18)10-14(24)21-12-6-4-7-13(9-12)27-16(19)20/h4,6-7,9,11,16H,2-3,5,8,10H2,1H3,(H,21,24)(H,22,26). The highest BCUT2D eigenvalue weighted by Gasteiger charge is 2.55. The van der Waals surface area contributed by atoms with E-state index in [1.807, 2.05) is 6.92 Å². The molecule has 1 saturated heterocycles. The summed E-state index contributed by atoms with van der Waals surface area (Å²) in [5, 5.41) is 5.26. The number of ether oxygens (including phenoxy) is 1. The molecule has 2 aliphatic rings. The molecular weight excluding hydrogens is 360 g/mol. The van der Waals surface area contributed by atoms with Crippen molar-refractivity contribution < 1.29 is 27.9 Å². The largest absolute Gasteiger partial charge is 0.435 e. The van der Waals surface area contributed by atoms with Crippen LogP contribution in [0.15, 0.2) is 24.3 Å². The van der Waals surface area contributed by atoms with Crippen molar-refractivity contribution >= 4 is 23.5 Å². The second kappa shape index (κ2) is 7.50. The van der Waals surface area contributed by atoms with Crippen LogP contribution in [0.25, 0.3) is 0 Å². The molecule has 1 saturated carbocycles. The summed E-state index contributed by atoms with van der Waals surface area (Å²) in [6.45, 7) is -1.50. The predicted octanol–water partition coefficient (Wildman–Crippen LogP) is 2.73. The van der Waals surface area contributed by atoms with Gasteiger partial charge in [-0.15, -0.1) is 0 Å². The summed E-state index contributed by atoms with van der Waals surface area (Å²) >= 11 is 0. The number of nitrogens with zero attached hydrogens (tertiary/aromatic N) is 1. The second-order valence-corrected chi connectivity index (χ2v) is 6.89. The smallest absolute Gasteiger partial charge is 0.387 e. The molecule has 9 heteroatoms. The predicted molar refractivity (Wildman–Crippen MR) is 92.3 cm³/mol. The van der Waals surface area contributed by atoms with E-state index in [1.54, 1.807) is 0 Å². The third kappa shape index (κ3) is 3.86. The fraction of sp³-hybridized carbons (Fsp3) is 0.500. The third-order valence-corrected chi connectivity index (χ3v) is 5.15. The molecular formula is C18H21F2N3O4. The average molecular weight is 381 g/mol. The van der Waals surface area contributed by atoms with Gasteiger partial charge in [0, 0.05) is 11.8 Å². The zero-order valence-electron chi connectivity index (χ0n) is 14.8. The van der Waals surface area contributed by atoms with E-state index in [0.717, 1.165) is 24.2 Å². The Kier molecular flexibility index (Phi) is 5.29. The summed E-state index contributed by atoms with van der Waals surface area (Å²) in [6.07, 6.45) is 3.24. The van der Waals surface area contributed by atoms with E-state index in [-0.39, 0.29) is 23.3 Å². The maximum atomic E-state index is 12.8. The summed E-state index contributed by atoms with van der Waals surface area (Å²) in [5.74, 6) is -1.09. The molecule has 0 bridgehead atoms. The van der Waals surface area contributed by atoms with E-state index < -0.39 is 30.6 Å². The van der Waals surface area contributed by atoms with Gasteiger partial charge in [0.05, 0.1) is 0 Å². The Balaban J connectivity index is 1.66. The SMILES string of the molecule is CC1CCCCC12NC(=O)N(CC(=O)Nc1cccc(OC(F)F)c1)C2=O. The Morgan fingerprint density at radius 2 is 2.19 bits per heavy atom. The molecule has 27 heavy (non-hydrogen) atoms. The maximum Gasteiger partial charge on any atom is 0.387 e. The van der Waals surface area contributed by atoms with E-state index in [0.29, 0.717) is 6.42 Å². The lowest BCUT2D eigenvalue weighted by Gasteiger charge is -2.36. The lowest BCUT2D eigenvalue weighted by Crippen LogP contribution is -2.54. The van der Waals surface area contributed by atoms with Crippen molar-refractivity contribution in [1.29, 1.82) is 0 Å². The van der Waals surface area contributed by atoms with Gasteiger partial charge in [-0.25, -0.2) is 4.79 Å². The number of urea groups is 1. The van der Waals surface area contributed by atoms with Crippen molar-refractivity contribution in [2.24, 2.45) is 5.92 Å². The van der Waals surface area contributed by atoms with Gasteiger partial charge >= 0.3 is 12.6 Å². The van der Waals surface area contributed by atoms with E-state index in [4.69, 9.17) is 0 Å². The monoisotopic (exact) mass is 381 g/mol. The zero-order chi connectivity index (χ0) is 19.6. The van der Waals surface area contributed by atoms with E-state index in [2.05, 4.69) is 15.4 Å². The van der Waals surface area contributed by atoms with E-state index in [1.165, 1.54) is 24.3 Å². The van der Waals surface area contributed by atoms with Crippen LogP contribution in [0, 0.1) is 5.92 Å². The molecule has 146 valence electrons. The van der Waals surface area contributed by atoms with Gasteiger partial charge in [-0.1, -0.05) is 25.8 Å². The van der Waals surface area contributed by atoms with Gasteiger partial charge in [0.15, 0.2) is 0 Å². The maximum absolute atomic E-state index is 12.8. The minimum atomic E-state index is -2.98. The first kappa shape index (κ1) is 19.1. The number of carbonyl (C=O) groups excluding carboxylic acids is 3. The van der Waals surface area contributed by atoms with Crippen molar-refractivity contribution in [2.75, 3.05) is 11.9 Å². The molecule has 4 amide bonds. The van der Waals surface area contributed by atoms with Gasteiger partial charge in [-0.3, -0.25) is 14.5 Å². The van der Waals surface area contributed by atoms with Crippen LogP contribution in [0.2, 0.25) is 0 Å². The Labute approximate surface area is 155 Å². The van der Waals surface area contributed by atoms with Crippen molar-refractivity contribution in [3.63, 3.8) is 0 Å². The molecule has 1 aromatic rings. The first-order valence-corrected chi connectivity index (χ1v) is 8.80. The van der Waals surface area contributed by atoms with Gasteiger partial charge < -0.3 is 15.4 Å². The van der Waals surface area contributed by atoms with Crippen LogP contribution in [0.3, 0.4) is 0 Å². The number of amides is 4. The summed E-state index contributed by atoms with van der Waals surface area (Å²) in [7, 11) is 0. The molecule has 1 aliphatic carbocycles. The Morgan fingerprint density at radius 3 is 2.89 bits per heavy atom. The number of rotatable bonds is 5. The highest BCUT2D eigenvalue weighted by molar-refractivity contribution is 6.10. The van der Waals surface area contributed by atoms with Crippen molar-refractivity contribution in [3.05, 3.63) is 24.3 Å². The van der Waals surface area contributed by atoms with Crippen LogP contribution in [-0.2, 0) is 9.59 Å². The molecule has 2 N–H and O–H groups in total. The molecule has 1 aliphatic heterocycles. The minimum absolute atomic E-state index is 0.000983. The van der Waals surface area contributed by atoms with Gasteiger partial charge in [0.2, 0.25) is 5.91 Å². The molecule has 2 unspecified atom stereocenters. The van der Waals surface area contributed by atoms with Crippen LogP contribution < -0.4 is 15.4 Å². The summed E-state index contributed by atoms with van der Waals surface area (Å²) in [5.41, 5.74) is -0.702. The van der Waals surface area contributed by atoms with Crippen LogP contribution in [0.4, 0.5) is 19.3 Å². The van der Waals surface area contributed by atoms with Gasteiger partial charge in [-0.2, -0.15) is 8.78 Å². The number of anilines is 1. The highest BCUT2D eigenvalue weighted by atomic mass is 19.3. The normalized spacial score (nSPS) is 25.0. The van der Waals surface area contributed by atoms with Gasteiger partial charge in [0.25, 0.3) is 5.91 Å².